The lowest BCUT2D eigenvalue weighted by atomic mass is 9.87. The number of hydrazine groups is 1. The highest BCUT2D eigenvalue weighted by atomic mass is 15.2. The van der Waals surface area contributed by atoms with E-state index in [-0.39, 0.29) is 0 Å². The second-order valence-corrected chi connectivity index (χ2v) is 4.33. The van der Waals surface area contributed by atoms with E-state index in [4.69, 9.17) is 5.84 Å². The molecule has 0 fully saturated rings. The van der Waals surface area contributed by atoms with Gasteiger partial charge in [0.15, 0.2) is 0 Å². The molecule has 0 aliphatic rings. The van der Waals surface area contributed by atoms with Crippen molar-refractivity contribution in [2.24, 2.45) is 11.3 Å². The van der Waals surface area contributed by atoms with Crippen LogP contribution in [0.1, 0.15) is 40.0 Å². The van der Waals surface area contributed by atoms with Gasteiger partial charge in [-0.1, -0.05) is 27.2 Å². The molecule has 0 saturated carbocycles. The number of nitrogens with two attached hydrogens (primary N) is 1. The van der Waals surface area contributed by atoms with Crippen molar-refractivity contribution in [3.05, 3.63) is 0 Å². The first-order valence-electron chi connectivity index (χ1n) is 5.26. The molecular weight excluding hydrogens is 162 g/mol. The van der Waals surface area contributed by atoms with Crippen LogP contribution in [-0.4, -0.2) is 19.6 Å². The molecule has 0 spiro atoms. The third kappa shape index (κ3) is 8.22. The Kier molecular flexibility index (Phi) is 7.23. The summed E-state index contributed by atoms with van der Waals surface area (Å²) < 4.78 is 0. The summed E-state index contributed by atoms with van der Waals surface area (Å²) in [6, 6.07) is 0. The first kappa shape index (κ1) is 12.9. The molecule has 3 nitrogen and oxygen atoms in total. The molecule has 0 bridgehead atoms. The van der Waals surface area contributed by atoms with Gasteiger partial charge in [0, 0.05) is 6.54 Å². The minimum absolute atomic E-state index is 0.485. The smallest absolute Gasteiger partial charge is 0.0109 e. The van der Waals surface area contributed by atoms with Gasteiger partial charge in [0.25, 0.3) is 0 Å². The molecule has 0 aromatic heterocycles. The maximum Gasteiger partial charge on any atom is 0.0109 e. The zero-order chi connectivity index (χ0) is 10.2. The van der Waals surface area contributed by atoms with E-state index < -0.39 is 0 Å². The normalized spacial score (nSPS) is 12.0. The molecule has 0 saturated heterocycles. The molecule has 0 radical (unpaired) electrons. The van der Waals surface area contributed by atoms with Crippen molar-refractivity contribution in [2.45, 2.75) is 40.0 Å². The summed E-state index contributed by atoms with van der Waals surface area (Å²) in [6.07, 6.45) is 3.60. The number of hydrogen-bond donors (Lipinski definition) is 3. The maximum atomic E-state index is 5.16. The average molecular weight is 187 g/mol. The molecule has 3 heteroatoms. The van der Waals surface area contributed by atoms with Crippen molar-refractivity contribution in [1.82, 2.24) is 10.7 Å². The van der Waals surface area contributed by atoms with Crippen LogP contribution in [0.4, 0.5) is 0 Å². The van der Waals surface area contributed by atoms with Crippen molar-refractivity contribution in [1.29, 1.82) is 0 Å². The third-order valence-electron chi connectivity index (χ3n) is 2.61. The highest BCUT2D eigenvalue weighted by Gasteiger charge is 2.13. The van der Waals surface area contributed by atoms with E-state index in [2.05, 4.69) is 31.5 Å². The zero-order valence-corrected chi connectivity index (χ0v) is 9.32. The SMILES string of the molecule is CCC(C)(C)CCNCCCNN. The van der Waals surface area contributed by atoms with Crippen molar-refractivity contribution in [3.8, 4) is 0 Å². The van der Waals surface area contributed by atoms with E-state index in [9.17, 15) is 0 Å². The highest BCUT2D eigenvalue weighted by molar-refractivity contribution is 4.67. The lowest BCUT2D eigenvalue weighted by Crippen LogP contribution is -2.28. The van der Waals surface area contributed by atoms with Gasteiger partial charge in [0.05, 0.1) is 0 Å². The Morgan fingerprint density at radius 2 is 1.85 bits per heavy atom. The standard InChI is InChI=1S/C10H25N3/c1-4-10(2,3)6-9-12-7-5-8-13-11/h12-13H,4-9,11H2,1-3H3. The summed E-state index contributed by atoms with van der Waals surface area (Å²) in [4.78, 5) is 0. The minimum atomic E-state index is 0.485. The van der Waals surface area contributed by atoms with Crippen LogP contribution in [0, 0.1) is 5.41 Å². The van der Waals surface area contributed by atoms with Gasteiger partial charge < -0.3 is 5.32 Å². The highest BCUT2D eigenvalue weighted by Crippen LogP contribution is 2.23. The zero-order valence-electron chi connectivity index (χ0n) is 9.32. The number of rotatable bonds is 8. The Morgan fingerprint density at radius 3 is 2.38 bits per heavy atom. The third-order valence-corrected chi connectivity index (χ3v) is 2.61. The summed E-state index contributed by atoms with van der Waals surface area (Å²) in [7, 11) is 0. The summed E-state index contributed by atoms with van der Waals surface area (Å²) in [5.74, 6) is 5.16. The van der Waals surface area contributed by atoms with Gasteiger partial charge in [-0.3, -0.25) is 11.3 Å². The predicted molar refractivity (Wildman–Crippen MR) is 58.4 cm³/mol. The Morgan fingerprint density at radius 1 is 1.15 bits per heavy atom. The number of hydrogen-bond acceptors (Lipinski definition) is 3. The van der Waals surface area contributed by atoms with Gasteiger partial charge in [0.1, 0.15) is 0 Å². The van der Waals surface area contributed by atoms with E-state index in [0.717, 1.165) is 26.1 Å². The molecule has 0 atom stereocenters. The van der Waals surface area contributed by atoms with E-state index in [1.165, 1.54) is 12.8 Å². The van der Waals surface area contributed by atoms with Crippen LogP contribution in [0.2, 0.25) is 0 Å². The second-order valence-electron chi connectivity index (χ2n) is 4.33. The summed E-state index contributed by atoms with van der Waals surface area (Å²) in [6.45, 7) is 9.95. The molecule has 13 heavy (non-hydrogen) atoms. The van der Waals surface area contributed by atoms with E-state index >= 15 is 0 Å². The fraction of sp³-hybridized carbons (Fsp3) is 1.00. The second kappa shape index (κ2) is 7.30. The molecule has 0 aliphatic heterocycles. The molecule has 80 valence electrons. The monoisotopic (exact) mass is 187 g/mol. The largest absolute Gasteiger partial charge is 0.317 e. The Bertz CT molecular complexity index is 113. The van der Waals surface area contributed by atoms with Crippen LogP contribution < -0.4 is 16.6 Å². The Balaban J connectivity index is 3.16. The topological polar surface area (TPSA) is 50.1 Å². The van der Waals surface area contributed by atoms with E-state index in [1.807, 2.05) is 0 Å². The van der Waals surface area contributed by atoms with Crippen LogP contribution in [0.5, 0.6) is 0 Å². The van der Waals surface area contributed by atoms with Crippen LogP contribution in [0.3, 0.4) is 0 Å². The number of nitrogens with one attached hydrogen (secondary N) is 2. The first-order chi connectivity index (χ1) is 6.12. The molecule has 0 unspecified atom stereocenters. The summed E-state index contributed by atoms with van der Waals surface area (Å²) in [5, 5.41) is 3.42. The molecule has 4 N–H and O–H groups in total. The van der Waals surface area contributed by atoms with Gasteiger partial charge in [-0.05, 0) is 31.3 Å². The van der Waals surface area contributed by atoms with Crippen molar-refractivity contribution in [2.75, 3.05) is 19.6 Å². The minimum Gasteiger partial charge on any atom is -0.317 e. The Labute approximate surface area is 82.4 Å². The quantitative estimate of drug-likeness (QED) is 0.304. The average Bonchev–Trinajstić information content (AvgIpc) is 2.11. The van der Waals surface area contributed by atoms with E-state index in [0.29, 0.717) is 5.41 Å². The lowest BCUT2D eigenvalue weighted by Gasteiger charge is -2.22. The van der Waals surface area contributed by atoms with Crippen molar-refractivity contribution < 1.29 is 0 Å². The molecule has 0 aromatic rings. The van der Waals surface area contributed by atoms with Gasteiger partial charge in [0.2, 0.25) is 0 Å². The van der Waals surface area contributed by atoms with Gasteiger partial charge in [-0.15, -0.1) is 0 Å². The van der Waals surface area contributed by atoms with Crippen LogP contribution in [-0.2, 0) is 0 Å². The lowest BCUT2D eigenvalue weighted by molar-refractivity contribution is 0.315. The summed E-state index contributed by atoms with van der Waals surface area (Å²) in [5.41, 5.74) is 3.13. The van der Waals surface area contributed by atoms with Gasteiger partial charge in [-0.2, -0.15) is 0 Å². The molecule has 0 aromatic carbocycles. The predicted octanol–water partition coefficient (Wildman–Crippen LogP) is 1.26. The van der Waals surface area contributed by atoms with E-state index in [1.54, 1.807) is 0 Å². The van der Waals surface area contributed by atoms with Crippen LogP contribution in [0.25, 0.3) is 0 Å². The Hall–Kier alpha value is -0.120. The fourth-order valence-corrected chi connectivity index (χ4v) is 1.04. The van der Waals surface area contributed by atoms with Gasteiger partial charge in [-0.25, -0.2) is 0 Å². The van der Waals surface area contributed by atoms with Crippen LogP contribution in [0.15, 0.2) is 0 Å². The van der Waals surface area contributed by atoms with Crippen molar-refractivity contribution in [3.63, 3.8) is 0 Å². The molecular formula is C10H25N3. The fourth-order valence-electron chi connectivity index (χ4n) is 1.04. The molecule has 0 heterocycles. The van der Waals surface area contributed by atoms with Crippen LogP contribution >= 0.6 is 0 Å². The molecule has 0 aliphatic carbocycles. The van der Waals surface area contributed by atoms with Crippen molar-refractivity contribution >= 4 is 0 Å². The molecule has 0 rings (SSSR count). The molecule has 0 amide bonds. The van der Waals surface area contributed by atoms with Gasteiger partial charge >= 0.3 is 0 Å². The maximum absolute atomic E-state index is 5.16. The first-order valence-corrected chi connectivity index (χ1v) is 5.26. The summed E-state index contributed by atoms with van der Waals surface area (Å²) >= 11 is 0.